The largest absolute Gasteiger partial charge is 0.465 e. The minimum atomic E-state index is -0.976. The summed E-state index contributed by atoms with van der Waals surface area (Å²) in [6, 6.07) is 20.6. The maximum absolute atomic E-state index is 11.4. The molecule has 33 heavy (non-hydrogen) atoms. The molecule has 0 unspecified atom stereocenters. The van der Waals surface area contributed by atoms with Gasteiger partial charge in [-0.1, -0.05) is 68.4 Å². The quantitative estimate of drug-likeness (QED) is 0.395. The molecule has 0 spiro atoms. The second-order valence-corrected chi connectivity index (χ2v) is 8.71. The van der Waals surface area contributed by atoms with Gasteiger partial charge < -0.3 is 10.4 Å². The predicted octanol–water partition coefficient (Wildman–Crippen LogP) is 5.83. The molecule has 1 amide bonds. The summed E-state index contributed by atoms with van der Waals surface area (Å²) in [5.41, 5.74) is 7.59. The Labute approximate surface area is 193 Å². The van der Waals surface area contributed by atoms with Gasteiger partial charge in [0.05, 0.1) is 11.1 Å². The lowest BCUT2D eigenvalue weighted by atomic mass is 9.71. The molecule has 6 heteroatoms. The molecule has 2 N–H and O–H groups in total. The molecule has 2 aromatic carbocycles. The predicted molar refractivity (Wildman–Crippen MR) is 129 cm³/mol. The van der Waals surface area contributed by atoms with Crippen LogP contribution in [-0.2, 0) is 18.4 Å². The lowest BCUT2D eigenvalue weighted by molar-refractivity contribution is 0.144. The van der Waals surface area contributed by atoms with Crippen molar-refractivity contribution in [2.45, 2.75) is 51.5 Å². The summed E-state index contributed by atoms with van der Waals surface area (Å²) in [5.74, 6) is 0. The Balaban J connectivity index is 1.67. The van der Waals surface area contributed by atoms with Crippen molar-refractivity contribution in [3.05, 3.63) is 77.6 Å². The van der Waals surface area contributed by atoms with E-state index in [1.807, 2.05) is 34.8 Å². The van der Waals surface area contributed by atoms with Crippen LogP contribution in [0.5, 0.6) is 0 Å². The minimum Gasteiger partial charge on any atom is -0.465 e. The zero-order valence-electron chi connectivity index (χ0n) is 19.0. The number of amides is 1. The van der Waals surface area contributed by atoms with Crippen LogP contribution in [0, 0.1) is 0 Å². The Morgan fingerprint density at radius 3 is 2.33 bits per heavy atom. The van der Waals surface area contributed by atoms with E-state index in [0.29, 0.717) is 0 Å². The van der Waals surface area contributed by atoms with Crippen molar-refractivity contribution in [1.82, 2.24) is 19.9 Å². The first-order valence-corrected chi connectivity index (χ1v) is 11.6. The van der Waals surface area contributed by atoms with Crippen LogP contribution in [0.3, 0.4) is 0 Å². The van der Waals surface area contributed by atoms with E-state index in [1.54, 1.807) is 0 Å². The molecule has 1 fully saturated rings. The topological polar surface area (TPSA) is 79.5 Å². The van der Waals surface area contributed by atoms with Gasteiger partial charge >= 0.3 is 6.09 Å². The summed E-state index contributed by atoms with van der Waals surface area (Å²) in [4.78, 5) is 16.3. The van der Waals surface area contributed by atoms with Crippen LogP contribution in [0.15, 0.2) is 60.7 Å². The Morgan fingerprint density at radius 2 is 1.76 bits per heavy atom. The summed E-state index contributed by atoms with van der Waals surface area (Å²) >= 11 is 0. The zero-order chi connectivity index (χ0) is 23.0. The molecule has 0 saturated heterocycles. The molecule has 6 nitrogen and oxygen atoms in total. The van der Waals surface area contributed by atoms with E-state index in [0.717, 1.165) is 77.1 Å². The number of hydrogen-bond donors (Lipinski definition) is 2. The molecule has 0 radical (unpaired) electrons. The van der Waals surface area contributed by atoms with Crippen LogP contribution in [0.2, 0.25) is 0 Å². The second kappa shape index (κ2) is 8.35. The molecule has 2 heterocycles. The van der Waals surface area contributed by atoms with Gasteiger partial charge in [0.15, 0.2) is 5.65 Å². The van der Waals surface area contributed by atoms with Gasteiger partial charge in [-0.3, -0.25) is 0 Å². The van der Waals surface area contributed by atoms with Crippen molar-refractivity contribution < 1.29 is 9.90 Å². The molecule has 4 aromatic rings. The van der Waals surface area contributed by atoms with Gasteiger partial charge in [0.2, 0.25) is 0 Å². The highest BCUT2D eigenvalue weighted by Gasteiger charge is 2.40. The highest BCUT2D eigenvalue weighted by molar-refractivity contribution is 5.90. The average molecular weight is 441 g/mol. The Bertz CT molecular complexity index is 1310. The highest BCUT2D eigenvalue weighted by Crippen LogP contribution is 2.42. The minimum absolute atomic E-state index is 0.474. The number of carboxylic acid groups (broad SMARTS) is 1. The molecular weight excluding hydrogens is 412 g/mol. The van der Waals surface area contributed by atoms with Crippen molar-refractivity contribution in [2.75, 3.05) is 0 Å². The monoisotopic (exact) mass is 440 g/mol. The van der Waals surface area contributed by atoms with Crippen LogP contribution in [0.4, 0.5) is 4.79 Å². The van der Waals surface area contributed by atoms with E-state index in [9.17, 15) is 9.90 Å². The van der Waals surface area contributed by atoms with E-state index in [2.05, 4.69) is 49.5 Å². The molecule has 1 aliphatic rings. The number of rotatable bonds is 6. The summed E-state index contributed by atoms with van der Waals surface area (Å²) in [6.45, 7) is 4.26. The summed E-state index contributed by atoms with van der Waals surface area (Å²) in [7, 11) is 0. The maximum Gasteiger partial charge on any atom is 0.405 e. The van der Waals surface area contributed by atoms with Gasteiger partial charge in [0.1, 0.15) is 5.69 Å². The van der Waals surface area contributed by atoms with Gasteiger partial charge in [-0.2, -0.15) is 5.10 Å². The average Bonchev–Trinajstić information content (AvgIpc) is 3.20. The molecule has 2 aromatic heterocycles. The molecule has 0 aliphatic heterocycles. The molecule has 168 valence electrons. The van der Waals surface area contributed by atoms with E-state index >= 15 is 0 Å². The van der Waals surface area contributed by atoms with Gasteiger partial charge in [-0.15, -0.1) is 0 Å². The standard InChI is InChI=1S/C27H28N4O2/c1-3-21-17-22(4-2)31-25(28-21)23(18-9-6-5-7-10-18)24(30-31)19-11-13-20(14-12-19)27(15-8-16-27)29-26(32)33/h5-7,9-14,17,29H,3-4,8,15-16H2,1-2H3,(H,32,33). The smallest absolute Gasteiger partial charge is 0.405 e. The van der Waals surface area contributed by atoms with Gasteiger partial charge in [-0.05, 0) is 49.3 Å². The van der Waals surface area contributed by atoms with E-state index in [4.69, 9.17) is 10.1 Å². The first-order chi connectivity index (χ1) is 16.0. The third-order valence-corrected chi connectivity index (χ3v) is 6.77. The van der Waals surface area contributed by atoms with Crippen LogP contribution in [0.1, 0.15) is 50.1 Å². The summed E-state index contributed by atoms with van der Waals surface area (Å²) in [6.07, 6.45) is 3.43. The fraction of sp³-hybridized carbons (Fsp3) is 0.296. The van der Waals surface area contributed by atoms with E-state index in [1.165, 1.54) is 0 Å². The molecule has 1 saturated carbocycles. The number of benzene rings is 2. The molecule has 0 bridgehead atoms. The van der Waals surface area contributed by atoms with Crippen molar-refractivity contribution in [3.8, 4) is 22.4 Å². The van der Waals surface area contributed by atoms with E-state index < -0.39 is 11.6 Å². The summed E-state index contributed by atoms with van der Waals surface area (Å²) in [5, 5.41) is 17.1. The molecule has 5 rings (SSSR count). The Hall–Kier alpha value is -3.67. The van der Waals surface area contributed by atoms with E-state index in [-0.39, 0.29) is 0 Å². The normalized spacial score (nSPS) is 14.7. The Morgan fingerprint density at radius 1 is 1.03 bits per heavy atom. The molecule has 0 atom stereocenters. The van der Waals surface area contributed by atoms with Crippen LogP contribution in [0.25, 0.3) is 28.0 Å². The maximum atomic E-state index is 11.4. The van der Waals surface area contributed by atoms with Crippen LogP contribution < -0.4 is 5.32 Å². The fourth-order valence-electron chi connectivity index (χ4n) is 4.81. The van der Waals surface area contributed by atoms with Crippen molar-refractivity contribution in [3.63, 3.8) is 0 Å². The van der Waals surface area contributed by atoms with Crippen molar-refractivity contribution in [1.29, 1.82) is 0 Å². The first kappa shape index (κ1) is 21.2. The van der Waals surface area contributed by atoms with Crippen molar-refractivity contribution in [2.24, 2.45) is 0 Å². The van der Waals surface area contributed by atoms with Gasteiger partial charge in [0.25, 0.3) is 0 Å². The number of nitrogens with zero attached hydrogens (tertiary/aromatic N) is 3. The Kier molecular flexibility index (Phi) is 5.36. The van der Waals surface area contributed by atoms with Crippen molar-refractivity contribution >= 4 is 11.7 Å². The molecule has 1 aliphatic carbocycles. The number of hydrogen-bond acceptors (Lipinski definition) is 3. The summed E-state index contributed by atoms with van der Waals surface area (Å²) < 4.78 is 1.98. The zero-order valence-corrected chi connectivity index (χ0v) is 19.0. The van der Waals surface area contributed by atoms with Gasteiger partial charge in [-0.25, -0.2) is 14.3 Å². The number of fused-ring (bicyclic) bond motifs is 1. The SMILES string of the molecule is CCc1cc(CC)n2nc(-c3ccc(C4(NC(=O)O)CCC4)cc3)c(-c3ccccc3)c2n1. The third-order valence-electron chi connectivity index (χ3n) is 6.77. The number of aryl methyl sites for hydroxylation is 2. The third kappa shape index (κ3) is 3.65. The highest BCUT2D eigenvalue weighted by atomic mass is 16.4. The number of aromatic nitrogens is 3. The van der Waals surface area contributed by atoms with Gasteiger partial charge in [0, 0.05) is 17.0 Å². The lowest BCUT2D eigenvalue weighted by Crippen LogP contribution is -2.50. The first-order valence-electron chi connectivity index (χ1n) is 11.6. The lowest BCUT2D eigenvalue weighted by Gasteiger charge is -2.42. The van der Waals surface area contributed by atoms with Crippen LogP contribution >= 0.6 is 0 Å². The number of nitrogens with one attached hydrogen (secondary N) is 1. The second-order valence-electron chi connectivity index (χ2n) is 8.71. The fourth-order valence-corrected chi connectivity index (χ4v) is 4.81. The number of carbonyl (C=O) groups is 1. The van der Waals surface area contributed by atoms with Crippen LogP contribution in [-0.4, -0.2) is 25.8 Å². The molecular formula is C27H28N4O2.